The van der Waals surface area contributed by atoms with Gasteiger partial charge in [0.2, 0.25) is 5.91 Å². The SMILES string of the molecule is COC(=O)[C@H](Cc1ccccc1)NC(=O)CCCC(=O)O[C@H]1CC[C@@]2(C)C(=CC[C@H]3[C@@H]4CC[C@H]([C@H](C)CCCC(C)C)[C@@]4(C)CC[C@@H]32)C1. The van der Waals surface area contributed by atoms with E-state index in [1.807, 2.05) is 30.3 Å². The second-order valence-electron chi connectivity index (χ2n) is 16.8. The van der Waals surface area contributed by atoms with E-state index in [4.69, 9.17) is 9.47 Å². The molecule has 0 heterocycles. The molecule has 0 aliphatic heterocycles. The van der Waals surface area contributed by atoms with Gasteiger partial charge in [0.05, 0.1) is 7.11 Å². The zero-order valence-electron chi connectivity index (χ0n) is 30.7. The first kappa shape index (κ1) is 36.6. The van der Waals surface area contributed by atoms with Gasteiger partial charge in [-0.15, -0.1) is 0 Å². The minimum absolute atomic E-state index is 0.0758. The van der Waals surface area contributed by atoms with Gasteiger partial charge < -0.3 is 14.8 Å². The zero-order chi connectivity index (χ0) is 34.5. The number of benzene rings is 1. The maximum Gasteiger partial charge on any atom is 0.328 e. The topological polar surface area (TPSA) is 81.7 Å². The van der Waals surface area contributed by atoms with E-state index < -0.39 is 12.0 Å². The third kappa shape index (κ3) is 8.21. The van der Waals surface area contributed by atoms with Crippen LogP contribution in [0.4, 0.5) is 0 Å². The van der Waals surface area contributed by atoms with Crippen molar-refractivity contribution >= 4 is 17.8 Å². The Morgan fingerprint density at radius 3 is 2.42 bits per heavy atom. The molecule has 4 aliphatic carbocycles. The number of rotatable bonds is 14. The Morgan fingerprint density at radius 2 is 1.69 bits per heavy atom. The Hall–Kier alpha value is -2.63. The Bertz CT molecular complexity index is 1290. The molecular weight excluding hydrogens is 598 g/mol. The summed E-state index contributed by atoms with van der Waals surface area (Å²) in [5.74, 6) is 3.93. The minimum Gasteiger partial charge on any atom is -0.467 e. The Balaban J connectivity index is 1.09. The molecule has 6 heteroatoms. The van der Waals surface area contributed by atoms with Crippen molar-refractivity contribution in [3.8, 4) is 0 Å². The molecule has 9 atom stereocenters. The summed E-state index contributed by atoms with van der Waals surface area (Å²) in [6, 6.07) is 8.79. The van der Waals surface area contributed by atoms with Crippen LogP contribution in [0, 0.1) is 46.3 Å². The first-order valence-electron chi connectivity index (χ1n) is 19.2. The molecule has 3 saturated carbocycles. The van der Waals surface area contributed by atoms with Crippen molar-refractivity contribution in [1.29, 1.82) is 0 Å². The van der Waals surface area contributed by atoms with Crippen LogP contribution in [0.1, 0.15) is 130 Å². The highest BCUT2D eigenvalue weighted by Gasteiger charge is 2.59. The van der Waals surface area contributed by atoms with Crippen molar-refractivity contribution < 1.29 is 23.9 Å². The lowest BCUT2D eigenvalue weighted by Crippen LogP contribution is -2.51. The monoisotopic (exact) mass is 661 g/mol. The largest absolute Gasteiger partial charge is 0.467 e. The lowest BCUT2D eigenvalue weighted by atomic mass is 9.47. The molecule has 266 valence electrons. The van der Waals surface area contributed by atoms with Gasteiger partial charge in [0.15, 0.2) is 0 Å². The van der Waals surface area contributed by atoms with Gasteiger partial charge in [0, 0.05) is 25.7 Å². The first-order chi connectivity index (χ1) is 22.9. The predicted octanol–water partition coefficient (Wildman–Crippen LogP) is 9.01. The van der Waals surface area contributed by atoms with Gasteiger partial charge in [0.1, 0.15) is 12.1 Å². The summed E-state index contributed by atoms with van der Waals surface area (Å²) in [6.45, 7) is 12.4. The quantitative estimate of drug-likeness (QED) is 0.159. The number of carbonyl (C=O) groups excluding carboxylic acids is 3. The highest BCUT2D eigenvalue weighted by Crippen LogP contribution is 2.67. The number of hydrogen-bond donors (Lipinski definition) is 1. The molecule has 3 fully saturated rings. The van der Waals surface area contributed by atoms with Crippen LogP contribution < -0.4 is 5.32 Å². The van der Waals surface area contributed by atoms with E-state index in [-0.39, 0.29) is 36.2 Å². The van der Waals surface area contributed by atoms with E-state index >= 15 is 0 Å². The van der Waals surface area contributed by atoms with Gasteiger partial charge in [-0.2, -0.15) is 0 Å². The van der Waals surface area contributed by atoms with Crippen LogP contribution in [-0.2, 0) is 30.3 Å². The van der Waals surface area contributed by atoms with E-state index in [9.17, 15) is 14.4 Å². The van der Waals surface area contributed by atoms with Gasteiger partial charge in [0.25, 0.3) is 0 Å². The van der Waals surface area contributed by atoms with E-state index in [1.165, 1.54) is 64.0 Å². The average Bonchev–Trinajstić information content (AvgIpc) is 3.42. The number of fused-ring (bicyclic) bond motifs is 5. The molecule has 1 aromatic rings. The van der Waals surface area contributed by atoms with Crippen molar-refractivity contribution in [2.45, 2.75) is 143 Å². The van der Waals surface area contributed by atoms with Crippen LogP contribution in [0.2, 0.25) is 0 Å². The van der Waals surface area contributed by atoms with E-state index in [1.54, 1.807) is 0 Å². The third-order valence-corrected chi connectivity index (χ3v) is 13.4. The van der Waals surface area contributed by atoms with Crippen LogP contribution >= 0.6 is 0 Å². The van der Waals surface area contributed by atoms with Crippen LogP contribution in [0.15, 0.2) is 42.0 Å². The molecule has 0 saturated heterocycles. The van der Waals surface area contributed by atoms with Crippen molar-refractivity contribution in [1.82, 2.24) is 5.32 Å². The Morgan fingerprint density at radius 1 is 0.917 bits per heavy atom. The number of methoxy groups -OCH3 is 1. The number of hydrogen-bond acceptors (Lipinski definition) is 5. The zero-order valence-corrected chi connectivity index (χ0v) is 30.7. The summed E-state index contributed by atoms with van der Waals surface area (Å²) in [6.07, 6.45) is 17.3. The van der Waals surface area contributed by atoms with Gasteiger partial charge in [-0.3, -0.25) is 9.59 Å². The second kappa shape index (κ2) is 15.9. The van der Waals surface area contributed by atoms with Crippen LogP contribution in [0.3, 0.4) is 0 Å². The minimum atomic E-state index is -0.757. The summed E-state index contributed by atoms with van der Waals surface area (Å²) >= 11 is 0. The van der Waals surface area contributed by atoms with Crippen LogP contribution in [-0.4, -0.2) is 37.1 Å². The number of carbonyl (C=O) groups is 3. The third-order valence-electron chi connectivity index (χ3n) is 13.4. The molecule has 0 aromatic heterocycles. The molecule has 0 radical (unpaired) electrons. The highest BCUT2D eigenvalue weighted by atomic mass is 16.5. The Labute approximate surface area is 290 Å². The van der Waals surface area contributed by atoms with Gasteiger partial charge in [-0.25, -0.2) is 4.79 Å². The number of ether oxygens (including phenoxy) is 2. The molecule has 0 spiro atoms. The average molecular weight is 662 g/mol. The fourth-order valence-electron chi connectivity index (χ4n) is 10.8. The number of nitrogens with one attached hydrogen (secondary N) is 1. The lowest BCUT2D eigenvalue weighted by Gasteiger charge is -2.58. The normalized spacial score (nSPS) is 32.2. The predicted molar refractivity (Wildman–Crippen MR) is 191 cm³/mol. The van der Waals surface area contributed by atoms with Gasteiger partial charge in [-0.05, 0) is 103 Å². The van der Waals surface area contributed by atoms with Crippen molar-refractivity contribution in [2.75, 3.05) is 7.11 Å². The molecule has 6 nitrogen and oxygen atoms in total. The number of allylic oxidation sites excluding steroid dienone is 1. The van der Waals surface area contributed by atoms with E-state index in [2.05, 4.69) is 46.0 Å². The van der Waals surface area contributed by atoms with E-state index in [0.29, 0.717) is 18.3 Å². The summed E-state index contributed by atoms with van der Waals surface area (Å²) < 4.78 is 10.9. The molecule has 5 rings (SSSR count). The standard InChI is InChI=1S/C42H63NO5/c1-28(2)12-10-13-29(3)34-20-21-35-33-19-18-31-27-32(22-24-41(31,4)36(33)23-25-42(34,35)5)48-39(45)17-11-16-38(44)43-37(40(46)47-6)26-30-14-8-7-9-15-30/h7-9,14-15,18,28-29,32-37H,10-13,16-17,19-27H2,1-6H3,(H,43,44)/t29-,32+,33+,34-,35+,36+,37+,41+,42-/m1/s1. The summed E-state index contributed by atoms with van der Waals surface area (Å²) in [5.41, 5.74) is 3.18. The van der Waals surface area contributed by atoms with E-state index in [0.717, 1.165) is 60.3 Å². The molecule has 1 amide bonds. The fourth-order valence-corrected chi connectivity index (χ4v) is 10.8. The molecule has 1 N–H and O–H groups in total. The summed E-state index contributed by atoms with van der Waals surface area (Å²) in [7, 11) is 1.32. The van der Waals surface area contributed by atoms with Gasteiger partial charge in [-0.1, -0.05) is 95.9 Å². The second-order valence-corrected chi connectivity index (χ2v) is 16.8. The molecule has 1 aromatic carbocycles. The smallest absolute Gasteiger partial charge is 0.328 e. The van der Waals surface area contributed by atoms with Crippen molar-refractivity contribution in [3.63, 3.8) is 0 Å². The number of amides is 1. The van der Waals surface area contributed by atoms with Crippen LogP contribution in [0.5, 0.6) is 0 Å². The van der Waals surface area contributed by atoms with Gasteiger partial charge >= 0.3 is 11.9 Å². The van der Waals surface area contributed by atoms with Crippen molar-refractivity contribution in [2.24, 2.45) is 46.3 Å². The summed E-state index contributed by atoms with van der Waals surface area (Å²) in [5, 5.41) is 2.79. The molecule has 48 heavy (non-hydrogen) atoms. The molecule has 0 bridgehead atoms. The number of esters is 2. The molecule has 4 aliphatic rings. The lowest BCUT2D eigenvalue weighted by molar-refractivity contribution is -0.152. The maximum atomic E-state index is 12.9. The molecule has 0 unspecified atom stereocenters. The van der Waals surface area contributed by atoms with Crippen LogP contribution in [0.25, 0.3) is 0 Å². The first-order valence-corrected chi connectivity index (χ1v) is 19.2. The molecular formula is C42H63NO5. The summed E-state index contributed by atoms with van der Waals surface area (Å²) in [4.78, 5) is 37.8. The van der Waals surface area contributed by atoms with Crippen molar-refractivity contribution in [3.05, 3.63) is 47.5 Å². The highest BCUT2D eigenvalue weighted by molar-refractivity contribution is 5.84. The fraction of sp³-hybridized carbons (Fsp3) is 0.738. The maximum absolute atomic E-state index is 12.9. The Kier molecular flexibility index (Phi) is 12.2.